The van der Waals surface area contributed by atoms with Crippen LogP contribution in [-0.4, -0.2) is 14.8 Å². The summed E-state index contributed by atoms with van der Waals surface area (Å²) in [7, 11) is 0. The van der Waals surface area contributed by atoms with Gasteiger partial charge in [0, 0.05) is 5.56 Å². The second kappa shape index (κ2) is 5.82. The van der Waals surface area contributed by atoms with Crippen LogP contribution in [0, 0.1) is 10.5 Å². The normalized spacial score (nSPS) is 10.6. The third-order valence-electron chi connectivity index (χ3n) is 3.08. The first kappa shape index (κ1) is 14.6. The highest BCUT2D eigenvalue weighted by Gasteiger charge is 2.11. The summed E-state index contributed by atoms with van der Waals surface area (Å²) in [4.78, 5) is 12.1. The fourth-order valence-corrected chi connectivity index (χ4v) is 2.57. The molecular weight excluding hydrogens is 325 g/mol. The van der Waals surface area contributed by atoms with Crippen LogP contribution < -0.4 is 5.69 Å². The number of hydrogen-bond acceptors (Lipinski definition) is 3. The van der Waals surface area contributed by atoms with E-state index in [1.165, 1.54) is 22.8 Å². The Bertz CT molecular complexity index is 953. The molecule has 1 N–H and O–H groups in total. The van der Waals surface area contributed by atoms with Gasteiger partial charge in [0.2, 0.25) is 0 Å². The Labute approximate surface area is 134 Å². The van der Waals surface area contributed by atoms with Crippen LogP contribution in [0.25, 0.3) is 16.9 Å². The molecule has 0 fully saturated rings. The maximum atomic E-state index is 13.3. The van der Waals surface area contributed by atoms with Gasteiger partial charge in [-0.05, 0) is 18.2 Å². The van der Waals surface area contributed by atoms with E-state index in [9.17, 15) is 9.18 Å². The number of aromatic nitrogens is 3. The first-order valence-electron chi connectivity index (χ1n) is 6.30. The molecule has 0 aliphatic heterocycles. The van der Waals surface area contributed by atoms with Gasteiger partial charge >= 0.3 is 5.69 Å². The van der Waals surface area contributed by atoms with Crippen molar-refractivity contribution in [1.82, 2.24) is 14.8 Å². The van der Waals surface area contributed by atoms with Gasteiger partial charge in [0.05, 0.1) is 10.7 Å². The quantitative estimate of drug-likeness (QED) is 0.727. The maximum absolute atomic E-state index is 13.3. The standard InChI is InChI=1S/C15H9ClFN3OS/c16-11-8-10(6-7-12(11)17)20-14(22)13(18-19-15(20)21)9-4-2-1-3-5-9/h1-8H,(H,19,21). The number of H-pyrrole nitrogens is 1. The van der Waals surface area contributed by atoms with Crippen molar-refractivity contribution in [3.8, 4) is 16.9 Å². The van der Waals surface area contributed by atoms with Gasteiger partial charge < -0.3 is 0 Å². The van der Waals surface area contributed by atoms with Crippen LogP contribution >= 0.6 is 23.8 Å². The van der Waals surface area contributed by atoms with Gasteiger partial charge in [-0.1, -0.05) is 54.2 Å². The molecule has 0 unspecified atom stereocenters. The second-order valence-corrected chi connectivity index (χ2v) is 5.28. The molecule has 2 aromatic carbocycles. The highest BCUT2D eigenvalue weighted by molar-refractivity contribution is 7.71. The average molecular weight is 334 g/mol. The summed E-state index contributed by atoms with van der Waals surface area (Å²) in [6.07, 6.45) is 0. The van der Waals surface area contributed by atoms with Crippen molar-refractivity contribution in [2.24, 2.45) is 0 Å². The summed E-state index contributed by atoms with van der Waals surface area (Å²) in [5.74, 6) is -0.564. The van der Waals surface area contributed by atoms with Gasteiger partial charge in [0.15, 0.2) is 0 Å². The van der Waals surface area contributed by atoms with Gasteiger partial charge in [-0.15, -0.1) is 0 Å². The van der Waals surface area contributed by atoms with Gasteiger partial charge in [-0.25, -0.2) is 18.9 Å². The second-order valence-electron chi connectivity index (χ2n) is 4.48. The predicted molar refractivity (Wildman–Crippen MR) is 85.4 cm³/mol. The molecule has 1 aromatic heterocycles. The zero-order valence-electron chi connectivity index (χ0n) is 11.1. The molecule has 0 spiro atoms. The first-order chi connectivity index (χ1) is 10.6. The number of halogens is 2. The van der Waals surface area contributed by atoms with E-state index in [0.29, 0.717) is 11.4 Å². The minimum Gasteiger partial charge on any atom is -0.249 e. The average Bonchev–Trinajstić information content (AvgIpc) is 2.52. The van der Waals surface area contributed by atoms with E-state index in [2.05, 4.69) is 10.2 Å². The van der Waals surface area contributed by atoms with E-state index in [-0.39, 0.29) is 9.66 Å². The van der Waals surface area contributed by atoms with Crippen molar-refractivity contribution in [2.45, 2.75) is 0 Å². The van der Waals surface area contributed by atoms with Gasteiger partial charge in [-0.2, -0.15) is 5.10 Å². The molecule has 0 aliphatic carbocycles. The van der Waals surface area contributed by atoms with Crippen molar-refractivity contribution < 1.29 is 4.39 Å². The lowest BCUT2D eigenvalue weighted by atomic mass is 10.2. The lowest BCUT2D eigenvalue weighted by Gasteiger charge is -2.09. The van der Waals surface area contributed by atoms with Crippen molar-refractivity contribution in [3.05, 3.63) is 74.5 Å². The number of nitrogens with one attached hydrogen (secondary N) is 1. The molecular formula is C15H9ClFN3OS. The highest BCUT2D eigenvalue weighted by Crippen LogP contribution is 2.21. The van der Waals surface area contributed by atoms with Crippen LogP contribution in [-0.2, 0) is 0 Å². The van der Waals surface area contributed by atoms with Crippen LogP contribution in [0.2, 0.25) is 5.02 Å². The van der Waals surface area contributed by atoms with Crippen LogP contribution in [0.3, 0.4) is 0 Å². The molecule has 0 bridgehead atoms. The van der Waals surface area contributed by atoms with Crippen molar-refractivity contribution in [1.29, 1.82) is 0 Å². The minimum absolute atomic E-state index is 0.0862. The Hall–Kier alpha value is -2.31. The van der Waals surface area contributed by atoms with Crippen LogP contribution in [0.15, 0.2) is 53.3 Å². The Kier molecular flexibility index (Phi) is 3.87. The zero-order chi connectivity index (χ0) is 15.7. The molecule has 3 rings (SSSR count). The predicted octanol–water partition coefficient (Wildman–Crippen LogP) is 3.75. The summed E-state index contributed by atoms with van der Waals surface area (Å²) in [5.41, 5.74) is 1.07. The number of nitrogens with zero attached hydrogens (tertiary/aromatic N) is 2. The fourth-order valence-electron chi connectivity index (χ4n) is 2.04. The monoisotopic (exact) mass is 333 g/mol. The topological polar surface area (TPSA) is 50.7 Å². The molecule has 4 nitrogen and oxygen atoms in total. The van der Waals surface area contributed by atoms with Crippen molar-refractivity contribution in [2.75, 3.05) is 0 Å². The van der Waals surface area contributed by atoms with E-state index in [0.717, 1.165) is 5.56 Å². The molecule has 0 atom stereocenters. The SMILES string of the molecule is O=c1[nH]nc(-c2ccccc2)c(=S)n1-c1ccc(F)c(Cl)c1. The van der Waals surface area contributed by atoms with Crippen LogP contribution in [0.5, 0.6) is 0 Å². The number of aromatic amines is 1. The fraction of sp³-hybridized carbons (Fsp3) is 0. The molecule has 110 valence electrons. The van der Waals surface area contributed by atoms with Crippen LogP contribution in [0.1, 0.15) is 0 Å². The summed E-state index contributed by atoms with van der Waals surface area (Å²) in [6, 6.07) is 13.2. The Balaban J connectivity index is 2.27. The molecule has 1 heterocycles. The molecule has 22 heavy (non-hydrogen) atoms. The van der Waals surface area contributed by atoms with E-state index >= 15 is 0 Å². The Morgan fingerprint density at radius 3 is 2.59 bits per heavy atom. The summed E-state index contributed by atoms with van der Waals surface area (Å²) in [6.45, 7) is 0. The Morgan fingerprint density at radius 2 is 1.91 bits per heavy atom. The summed E-state index contributed by atoms with van der Waals surface area (Å²) < 4.78 is 14.7. The lowest BCUT2D eigenvalue weighted by molar-refractivity contribution is 0.627. The van der Waals surface area contributed by atoms with Crippen molar-refractivity contribution in [3.63, 3.8) is 0 Å². The highest BCUT2D eigenvalue weighted by atomic mass is 35.5. The molecule has 0 saturated heterocycles. The molecule has 3 aromatic rings. The molecule has 0 saturated carbocycles. The summed E-state index contributed by atoms with van der Waals surface area (Å²) >= 11 is 11.1. The molecule has 0 aliphatic rings. The smallest absolute Gasteiger partial charge is 0.249 e. The van der Waals surface area contributed by atoms with E-state index in [4.69, 9.17) is 23.8 Å². The van der Waals surface area contributed by atoms with E-state index in [1.807, 2.05) is 30.3 Å². The van der Waals surface area contributed by atoms with E-state index < -0.39 is 11.5 Å². The van der Waals surface area contributed by atoms with Gasteiger partial charge in [0.1, 0.15) is 16.2 Å². The summed E-state index contributed by atoms with van der Waals surface area (Å²) in [5, 5.41) is 6.31. The first-order valence-corrected chi connectivity index (χ1v) is 7.09. The molecule has 7 heteroatoms. The number of hydrogen-bond donors (Lipinski definition) is 1. The van der Waals surface area contributed by atoms with Gasteiger partial charge in [-0.3, -0.25) is 0 Å². The number of benzene rings is 2. The zero-order valence-corrected chi connectivity index (χ0v) is 12.7. The van der Waals surface area contributed by atoms with Crippen LogP contribution in [0.4, 0.5) is 4.39 Å². The molecule has 0 amide bonds. The largest absolute Gasteiger partial charge is 0.347 e. The Morgan fingerprint density at radius 1 is 1.18 bits per heavy atom. The van der Waals surface area contributed by atoms with E-state index in [1.54, 1.807) is 0 Å². The molecule has 0 radical (unpaired) electrons. The minimum atomic E-state index is -0.564. The van der Waals surface area contributed by atoms with Gasteiger partial charge in [0.25, 0.3) is 0 Å². The third kappa shape index (κ3) is 2.58. The third-order valence-corrected chi connectivity index (χ3v) is 3.75. The number of rotatable bonds is 2. The maximum Gasteiger partial charge on any atom is 0.347 e. The lowest BCUT2D eigenvalue weighted by Crippen LogP contribution is -2.24. The van der Waals surface area contributed by atoms with Crippen molar-refractivity contribution >= 4 is 23.8 Å².